The van der Waals surface area contributed by atoms with Crippen molar-refractivity contribution in [3.63, 3.8) is 0 Å². The molecule has 0 aromatic heterocycles. The topological polar surface area (TPSA) is 90.3 Å². The summed E-state index contributed by atoms with van der Waals surface area (Å²) in [6.45, 7) is 3.26. The second-order valence-corrected chi connectivity index (χ2v) is 9.13. The van der Waals surface area contributed by atoms with E-state index in [-0.39, 0.29) is 17.1 Å². The number of ketones is 1. The van der Waals surface area contributed by atoms with Crippen LogP contribution in [0.25, 0.3) is 5.76 Å². The SMILES string of the molecule is Cc1ccccc1COc1ccc(/C(O)=C2\C(=O)C(=O)N(CCN(C)C)[C@H]2c2cccc(O)c2)cc1. The van der Waals surface area contributed by atoms with Gasteiger partial charge in [0.25, 0.3) is 11.7 Å². The van der Waals surface area contributed by atoms with Crippen LogP contribution in [0.3, 0.4) is 0 Å². The van der Waals surface area contributed by atoms with Gasteiger partial charge in [-0.3, -0.25) is 9.59 Å². The van der Waals surface area contributed by atoms with Crippen LogP contribution in [0.2, 0.25) is 0 Å². The Bertz CT molecular complexity index is 1300. The van der Waals surface area contributed by atoms with E-state index in [4.69, 9.17) is 4.74 Å². The number of aliphatic hydroxyl groups excluding tert-OH is 1. The summed E-state index contributed by atoms with van der Waals surface area (Å²) in [5.74, 6) is -1.06. The summed E-state index contributed by atoms with van der Waals surface area (Å²) >= 11 is 0. The summed E-state index contributed by atoms with van der Waals surface area (Å²) in [5.41, 5.74) is 3.16. The molecular formula is C29H30N2O5. The Morgan fingerprint density at radius 2 is 1.72 bits per heavy atom. The highest BCUT2D eigenvalue weighted by Gasteiger charge is 2.46. The maximum Gasteiger partial charge on any atom is 0.295 e. The van der Waals surface area contributed by atoms with Gasteiger partial charge in [0.2, 0.25) is 0 Å². The van der Waals surface area contributed by atoms with Gasteiger partial charge in [-0.25, -0.2) is 0 Å². The Balaban J connectivity index is 1.65. The van der Waals surface area contributed by atoms with Crippen molar-refractivity contribution >= 4 is 17.4 Å². The molecule has 4 rings (SSSR count). The molecule has 0 bridgehead atoms. The minimum absolute atomic E-state index is 0.00191. The molecule has 3 aromatic carbocycles. The fraction of sp³-hybridized carbons (Fsp3) is 0.241. The number of Topliss-reactive ketones (excluding diaryl/α,β-unsaturated/α-hetero) is 1. The number of likely N-dealkylation sites (tertiary alicyclic amines) is 1. The number of amides is 1. The van der Waals surface area contributed by atoms with E-state index in [1.165, 1.54) is 17.0 Å². The van der Waals surface area contributed by atoms with E-state index >= 15 is 0 Å². The highest BCUT2D eigenvalue weighted by Crippen LogP contribution is 2.40. The number of aromatic hydroxyl groups is 1. The Morgan fingerprint density at radius 3 is 2.39 bits per heavy atom. The summed E-state index contributed by atoms with van der Waals surface area (Å²) < 4.78 is 5.89. The van der Waals surface area contributed by atoms with Gasteiger partial charge < -0.3 is 24.7 Å². The van der Waals surface area contributed by atoms with E-state index in [1.807, 2.05) is 50.2 Å². The fourth-order valence-electron chi connectivity index (χ4n) is 4.26. The lowest BCUT2D eigenvalue weighted by atomic mass is 9.95. The lowest BCUT2D eigenvalue weighted by Crippen LogP contribution is -2.35. The Morgan fingerprint density at radius 1 is 1.00 bits per heavy atom. The molecule has 36 heavy (non-hydrogen) atoms. The van der Waals surface area contributed by atoms with E-state index in [9.17, 15) is 19.8 Å². The molecule has 2 N–H and O–H groups in total. The zero-order valence-electron chi connectivity index (χ0n) is 20.6. The van der Waals surface area contributed by atoms with Crippen molar-refractivity contribution < 1.29 is 24.5 Å². The number of hydrogen-bond acceptors (Lipinski definition) is 6. The average Bonchev–Trinajstić information content (AvgIpc) is 3.12. The van der Waals surface area contributed by atoms with Crippen LogP contribution in [0.15, 0.2) is 78.4 Å². The summed E-state index contributed by atoms with van der Waals surface area (Å²) in [6.07, 6.45) is 0. The van der Waals surface area contributed by atoms with Gasteiger partial charge in [-0.1, -0.05) is 36.4 Å². The number of aliphatic hydroxyl groups is 1. The molecule has 0 spiro atoms. The minimum atomic E-state index is -0.811. The Hall–Kier alpha value is -4.10. The van der Waals surface area contributed by atoms with Crippen LogP contribution in [0.5, 0.6) is 11.5 Å². The van der Waals surface area contributed by atoms with Crippen molar-refractivity contribution in [2.45, 2.75) is 19.6 Å². The van der Waals surface area contributed by atoms with Crippen LogP contribution in [0.1, 0.15) is 28.3 Å². The standard InChI is InChI=1S/C29H30N2O5/c1-19-7-4-5-8-22(19)18-36-24-13-11-20(12-14-24)27(33)25-26(21-9-6-10-23(32)17-21)31(16-15-30(2)3)29(35)28(25)34/h4-14,17,26,32-33H,15-16,18H2,1-3H3/b27-25+/t26-/m0/s1. The molecule has 1 amide bonds. The van der Waals surface area contributed by atoms with Gasteiger partial charge in [-0.2, -0.15) is 0 Å². The molecule has 1 fully saturated rings. The predicted octanol–water partition coefficient (Wildman–Crippen LogP) is 4.26. The average molecular weight is 487 g/mol. The van der Waals surface area contributed by atoms with Crippen molar-refractivity contribution in [1.29, 1.82) is 0 Å². The number of phenolic OH excluding ortho intramolecular Hbond substituents is 1. The number of carbonyl (C=O) groups is 2. The van der Waals surface area contributed by atoms with Crippen molar-refractivity contribution in [1.82, 2.24) is 9.80 Å². The molecule has 1 atom stereocenters. The quantitative estimate of drug-likeness (QED) is 0.281. The van der Waals surface area contributed by atoms with E-state index < -0.39 is 17.7 Å². The van der Waals surface area contributed by atoms with Crippen molar-refractivity contribution in [3.8, 4) is 11.5 Å². The molecule has 1 heterocycles. The first kappa shape index (κ1) is 25.0. The third-order valence-electron chi connectivity index (χ3n) is 6.30. The maximum atomic E-state index is 13.1. The van der Waals surface area contributed by atoms with Crippen molar-refractivity contribution in [2.24, 2.45) is 0 Å². The van der Waals surface area contributed by atoms with Gasteiger partial charge in [0.05, 0.1) is 11.6 Å². The van der Waals surface area contributed by atoms with Crippen LogP contribution in [-0.2, 0) is 16.2 Å². The van der Waals surface area contributed by atoms with Gasteiger partial charge in [-0.15, -0.1) is 0 Å². The number of aryl methyl sites for hydroxylation is 1. The number of ether oxygens (including phenoxy) is 1. The number of hydrogen-bond donors (Lipinski definition) is 2. The number of phenols is 1. The largest absolute Gasteiger partial charge is 0.508 e. The van der Waals surface area contributed by atoms with E-state index in [0.29, 0.717) is 36.6 Å². The number of carbonyl (C=O) groups excluding carboxylic acids is 2. The van der Waals surface area contributed by atoms with Gasteiger partial charge in [0.15, 0.2) is 0 Å². The molecule has 7 heteroatoms. The van der Waals surface area contributed by atoms with Crippen LogP contribution >= 0.6 is 0 Å². The molecule has 0 saturated carbocycles. The molecule has 0 unspecified atom stereocenters. The number of likely N-dealkylation sites (N-methyl/N-ethyl adjacent to an activating group) is 1. The van der Waals surface area contributed by atoms with E-state index in [0.717, 1.165) is 11.1 Å². The lowest BCUT2D eigenvalue weighted by molar-refractivity contribution is -0.140. The van der Waals surface area contributed by atoms with Crippen molar-refractivity contribution in [3.05, 3.63) is 101 Å². The first-order valence-electron chi connectivity index (χ1n) is 11.8. The Labute approximate surface area is 210 Å². The number of rotatable bonds is 8. The first-order chi connectivity index (χ1) is 17.3. The normalized spacial score (nSPS) is 17.1. The Kier molecular flexibility index (Phi) is 7.41. The van der Waals surface area contributed by atoms with E-state index in [2.05, 4.69) is 0 Å². The third kappa shape index (κ3) is 5.26. The number of nitrogens with zero attached hydrogens (tertiary/aromatic N) is 2. The predicted molar refractivity (Wildman–Crippen MR) is 138 cm³/mol. The first-order valence-corrected chi connectivity index (χ1v) is 11.8. The second-order valence-electron chi connectivity index (χ2n) is 9.13. The van der Waals surface area contributed by atoms with Crippen LogP contribution in [-0.4, -0.2) is 58.9 Å². The number of benzene rings is 3. The monoisotopic (exact) mass is 486 g/mol. The smallest absolute Gasteiger partial charge is 0.295 e. The molecule has 1 aliphatic heterocycles. The molecular weight excluding hydrogens is 456 g/mol. The molecule has 3 aromatic rings. The van der Waals surface area contributed by atoms with Gasteiger partial charge in [-0.05, 0) is 74.1 Å². The molecule has 186 valence electrons. The van der Waals surface area contributed by atoms with Gasteiger partial charge in [0, 0.05) is 18.7 Å². The molecule has 0 radical (unpaired) electrons. The zero-order valence-corrected chi connectivity index (χ0v) is 20.6. The highest BCUT2D eigenvalue weighted by atomic mass is 16.5. The lowest BCUT2D eigenvalue weighted by Gasteiger charge is -2.26. The molecule has 7 nitrogen and oxygen atoms in total. The van der Waals surface area contributed by atoms with E-state index in [1.54, 1.807) is 36.4 Å². The van der Waals surface area contributed by atoms with Crippen molar-refractivity contribution in [2.75, 3.05) is 27.2 Å². The van der Waals surface area contributed by atoms with Gasteiger partial charge >= 0.3 is 0 Å². The zero-order chi connectivity index (χ0) is 25.8. The fourth-order valence-corrected chi connectivity index (χ4v) is 4.26. The molecule has 0 aliphatic carbocycles. The third-order valence-corrected chi connectivity index (χ3v) is 6.30. The van der Waals surface area contributed by atoms with Crippen LogP contribution < -0.4 is 4.74 Å². The highest BCUT2D eigenvalue weighted by molar-refractivity contribution is 6.46. The second kappa shape index (κ2) is 10.7. The van der Waals surface area contributed by atoms with Gasteiger partial charge in [0.1, 0.15) is 23.9 Å². The minimum Gasteiger partial charge on any atom is -0.508 e. The van der Waals surface area contributed by atoms with Crippen LogP contribution in [0, 0.1) is 6.92 Å². The molecule has 1 saturated heterocycles. The summed E-state index contributed by atoms with van der Waals surface area (Å²) in [6, 6.07) is 20.3. The molecule has 1 aliphatic rings. The summed E-state index contributed by atoms with van der Waals surface area (Å²) in [7, 11) is 3.76. The van der Waals surface area contributed by atoms with Crippen LogP contribution in [0.4, 0.5) is 0 Å². The summed E-state index contributed by atoms with van der Waals surface area (Å²) in [4.78, 5) is 29.4. The summed E-state index contributed by atoms with van der Waals surface area (Å²) in [5, 5.41) is 21.2. The maximum absolute atomic E-state index is 13.1.